The van der Waals surface area contributed by atoms with Crippen LogP contribution in [0.3, 0.4) is 0 Å². The van der Waals surface area contributed by atoms with Gasteiger partial charge in [0.1, 0.15) is 0 Å². The molecule has 0 aromatic rings. The molecule has 1 fully saturated rings. The monoisotopic (exact) mass is 207 g/mol. The summed E-state index contributed by atoms with van der Waals surface area (Å²) >= 11 is 0. The van der Waals surface area contributed by atoms with Gasteiger partial charge < -0.3 is 5.73 Å². The molecule has 0 aromatic carbocycles. The maximum absolute atomic E-state index is 6.28. The predicted molar refractivity (Wildman–Crippen MR) is 66.3 cm³/mol. The molecule has 15 heavy (non-hydrogen) atoms. The van der Waals surface area contributed by atoms with Crippen LogP contribution in [0.2, 0.25) is 0 Å². The Hall–Kier alpha value is -0.480. The molecule has 0 aliphatic heterocycles. The van der Waals surface area contributed by atoms with Gasteiger partial charge in [0, 0.05) is 12.5 Å². The molecule has 3 unspecified atom stereocenters. The lowest BCUT2D eigenvalue weighted by Crippen LogP contribution is -2.43. The highest BCUT2D eigenvalue weighted by molar-refractivity contribution is 4.93. The zero-order valence-corrected chi connectivity index (χ0v) is 10.4. The van der Waals surface area contributed by atoms with E-state index >= 15 is 0 Å². The first kappa shape index (κ1) is 12.6. The Kier molecular flexibility index (Phi) is 4.22. The Bertz CT molecular complexity index is 236. The van der Waals surface area contributed by atoms with E-state index in [9.17, 15) is 0 Å². The first-order valence-corrected chi connectivity index (χ1v) is 6.16. The van der Waals surface area contributed by atoms with Gasteiger partial charge in [-0.25, -0.2) is 0 Å². The van der Waals surface area contributed by atoms with E-state index in [4.69, 9.17) is 12.2 Å². The van der Waals surface area contributed by atoms with Crippen LogP contribution in [0.5, 0.6) is 0 Å². The van der Waals surface area contributed by atoms with Crippen molar-refractivity contribution >= 4 is 0 Å². The van der Waals surface area contributed by atoms with Crippen LogP contribution in [0.15, 0.2) is 0 Å². The minimum absolute atomic E-state index is 0.311. The van der Waals surface area contributed by atoms with Crippen molar-refractivity contribution < 1.29 is 0 Å². The molecule has 86 valence electrons. The lowest BCUT2D eigenvalue weighted by Gasteiger charge is -2.42. The molecule has 0 aromatic heterocycles. The van der Waals surface area contributed by atoms with Crippen molar-refractivity contribution in [3.05, 3.63) is 0 Å². The smallest absolute Gasteiger partial charge is 0.00912 e. The van der Waals surface area contributed by atoms with Crippen molar-refractivity contribution in [1.29, 1.82) is 0 Å². The van der Waals surface area contributed by atoms with Crippen LogP contribution >= 0.6 is 0 Å². The quantitative estimate of drug-likeness (QED) is 0.707. The highest BCUT2D eigenvalue weighted by Crippen LogP contribution is 2.42. The summed E-state index contributed by atoms with van der Waals surface area (Å²) in [5, 5.41) is 0. The minimum Gasteiger partial charge on any atom is -0.327 e. The SMILES string of the molecule is C#CCCC(C)(C)C1CCC(C)CC1N. The lowest BCUT2D eigenvalue weighted by molar-refractivity contribution is 0.106. The highest BCUT2D eigenvalue weighted by atomic mass is 14.7. The average Bonchev–Trinajstić information content (AvgIpc) is 2.14. The second kappa shape index (κ2) is 5.03. The van der Waals surface area contributed by atoms with Gasteiger partial charge >= 0.3 is 0 Å². The predicted octanol–water partition coefficient (Wildman–Crippen LogP) is 3.19. The fourth-order valence-electron chi connectivity index (χ4n) is 2.97. The Balaban J connectivity index is 2.58. The standard InChI is InChI=1S/C14H25N/c1-5-6-9-14(3,4)12-8-7-11(2)10-13(12)15/h1,11-13H,6-10,15H2,2-4H3. The van der Waals surface area contributed by atoms with E-state index in [1.165, 1.54) is 19.3 Å². The third kappa shape index (κ3) is 3.24. The molecule has 0 amide bonds. The molecular weight excluding hydrogens is 182 g/mol. The number of rotatable bonds is 3. The van der Waals surface area contributed by atoms with E-state index in [-0.39, 0.29) is 0 Å². The summed E-state index contributed by atoms with van der Waals surface area (Å²) in [5.41, 5.74) is 6.59. The fraction of sp³-hybridized carbons (Fsp3) is 0.857. The van der Waals surface area contributed by atoms with Gasteiger partial charge in [0.2, 0.25) is 0 Å². The van der Waals surface area contributed by atoms with Gasteiger partial charge in [-0.15, -0.1) is 12.3 Å². The van der Waals surface area contributed by atoms with E-state index in [1.807, 2.05) is 0 Å². The molecule has 0 saturated heterocycles. The molecule has 1 heteroatoms. The van der Waals surface area contributed by atoms with E-state index in [0.29, 0.717) is 17.4 Å². The second-order valence-electron chi connectivity index (χ2n) is 5.88. The van der Waals surface area contributed by atoms with Gasteiger partial charge in [0.25, 0.3) is 0 Å². The minimum atomic E-state index is 0.311. The van der Waals surface area contributed by atoms with Crippen molar-refractivity contribution in [1.82, 2.24) is 0 Å². The molecule has 1 aliphatic rings. The summed E-state index contributed by atoms with van der Waals surface area (Å²) in [6, 6.07) is 0.376. The molecular formula is C14H25N. The Morgan fingerprint density at radius 3 is 2.60 bits per heavy atom. The van der Waals surface area contributed by atoms with Crippen molar-refractivity contribution in [3.63, 3.8) is 0 Å². The van der Waals surface area contributed by atoms with Crippen LogP contribution in [-0.2, 0) is 0 Å². The van der Waals surface area contributed by atoms with E-state index in [2.05, 4.69) is 26.7 Å². The Labute approximate surface area is 94.8 Å². The molecule has 3 atom stereocenters. The van der Waals surface area contributed by atoms with E-state index in [1.54, 1.807) is 0 Å². The molecule has 0 bridgehead atoms. The summed E-state index contributed by atoms with van der Waals surface area (Å²) in [4.78, 5) is 0. The topological polar surface area (TPSA) is 26.0 Å². The summed E-state index contributed by atoms with van der Waals surface area (Å²) < 4.78 is 0. The molecule has 1 aliphatic carbocycles. The highest BCUT2D eigenvalue weighted by Gasteiger charge is 2.36. The van der Waals surface area contributed by atoms with Gasteiger partial charge in [-0.1, -0.05) is 27.2 Å². The van der Waals surface area contributed by atoms with Gasteiger partial charge in [0.05, 0.1) is 0 Å². The summed E-state index contributed by atoms with van der Waals surface area (Å²) in [7, 11) is 0. The molecule has 0 heterocycles. The van der Waals surface area contributed by atoms with Crippen molar-refractivity contribution in [2.45, 2.75) is 58.9 Å². The van der Waals surface area contributed by atoms with Crippen LogP contribution in [0, 0.1) is 29.6 Å². The summed E-state index contributed by atoms with van der Waals surface area (Å²) in [6.45, 7) is 6.96. The second-order valence-corrected chi connectivity index (χ2v) is 5.88. The number of terminal acetylenes is 1. The van der Waals surface area contributed by atoms with E-state index < -0.39 is 0 Å². The molecule has 2 N–H and O–H groups in total. The number of hydrogen-bond acceptors (Lipinski definition) is 1. The van der Waals surface area contributed by atoms with E-state index in [0.717, 1.165) is 18.8 Å². The lowest BCUT2D eigenvalue weighted by atomic mass is 9.65. The molecule has 1 rings (SSSR count). The fourth-order valence-corrected chi connectivity index (χ4v) is 2.97. The zero-order valence-electron chi connectivity index (χ0n) is 10.4. The first-order valence-electron chi connectivity index (χ1n) is 6.16. The van der Waals surface area contributed by atoms with Crippen molar-refractivity contribution in [2.75, 3.05) is 0 Å². The maximum Gasteiger partial charge on any atom is 0.00912 e. The van der Waals surface area contributed by atoms with Crippen LogP contribution in [0.4, 0.5) is 0 Å². The normalized spacial score (nSPS) is 32.3. The maximum atomic E-state index is 6.28. The largest absolute Gasteiger partial charge is 0.327 e. The summed E-state index contributed by atoms with van der Waals surface area (Å²) in [6.07, 6.45) is 11.1. The van der Waals surface area contributed by atoms with Crippen LogP contribution in [-0.4, -0.2) is 6.04 Å². The number of hydrogen-bond donors (Lipinski definition) is 1. The number of nitrogens with two attached hydrogens (primary N) is 1. The summed E-state index contributed by atoms with van der Waals surface area (Å²) in [5.74, 6) is 4.21. The Morgan fingerprint density at radius 1 is 1.40 bits per heavy atom. The Morgan fingerprint density at radius 2 is 2.07 bits per heavy atom. The third-order valence-corrected chi connectivity index (χ3v) is 4.08. The van der Waals surface area contributed by atoms with Crippen LogP contribution in [0.25, 0.3) is 0 Å². The average molecular weight is 207 g/mol. The third-order valence-electron chi connectivity index (χ3n) is 4.08. The first-order chi connectivity index (χ1) is 6.97. The van der Waals surface area contributed by atoms with Crippen molar-refractivity contribution in [3.8, 4) is 12.3 Å². The van der Waals surface area contributed by atoms with Gasteiger partial charge in [0.15, 0.2) is 0 Å². The molecule has 0 radical (unpaired) electrons. The van der Waals surface area contributed by atoms with Gasteiger partial charge in [-0.05, 0) is 36.5 Å². The van der Waals surface area contributed by atoms with Gasteiger partial charge in [-0.2, -0.15) is 0 Å². The van der Waals surface area contributed by atoms with Crippen molar-refractivity contribution in [2.24, 2.45) is 23.0 Å². The molecule has 1 saturated carbocycles. The molecule has 1 nitrogen and oxygen atoms in total. The van der Waals surface area contributed by atoms with Crippen LogP contribution < -0.4 is 5.73 Å². The molecule has 0 spiro atoms. The van der Waals surface area contributed by atoms with Crippen LogP contribution in [0.1, 0.15) is 52.9 Å². The zero-order chi connectivity index (χ0) is 11.5. The van der Waals surface area contributed by atoms with Gasteiger partial charge in [-0.3, -0.25) is 0 Å².